The molecule has 0 aromatic carbocycles. The van der Waals surface area contributed by atoms with Gasteiger partial charge in [-0.05, 0) is 26.0 Å². The van der Waals surface area contributed by atoms with Crippen LogP contribution in [0.5, 0.6) is 0 Å². The van der Waals surface area contributed by atoms with Crippen molar-refractivity contribution >= 4 is 17.7 Å². The lowest BCUT2D eigenvalue weighted by atomic mass is 9.73. The number of amides is 1. The lowest BCUT2D eigenvalue weighted by molar-refractivity contribution is -0.133. The number of aliphatic hydroxyl groups is 1. The Labute approximate surface area is 114 Å². The molecule has 18 heavy (non-hydrogen) atoms. The molecule has 1 aliphatic carbocycles. The number of carbonyl (C=O) groups excluding carboxylic acids is 1. The topological polar surface area (TPSA) is 75.3 Å². The highest BCUT2D eigenvalue weighted by molar-refractivity contribution is 7.98. The summed E-state index contributed by atoms with van der Waals surface area (Å²) in [5.74, 6) is 0.634. The predicted octanol–water partition coefficient (Wildman–Crippen LogP) is 1.13. The highest BCUT2D eigenvalue weighted by atomic mass is 32.2. The smallest absolute Gasteiger partial charge is 0.227 e. The highest BCUT2D eigenvalue weighted by Crippen LogP contribution is 2.35. The van der Waals surface area contributed by atoms with Crippen molar-refractivity contribution in [1.82, 2.24) is 5.32 Å². The van der Waals surface area contributed by atoms with Crippen molar-refractivity contribution in [1.29, 1.82) is 0 Å². The zero-order valence-electron chi connectivity index (χ0n) is 11.5. The van der Waals surface area contributed by atoms with Crippen LogP contribution in [0.25, 0.3) is 0 Å². The van der Waals surface area contributed by atoms with Crippen LogP contribution in [0.4, 0.5) is 0 Å². The average Bonchev–Trinajstić information content (AvgIpc) is 2.37. The fourth-order valence-corrected chi connectivity index (χ4v) is 3.30. The number of hydrogen-bond donors (Lipinski definition) is 3. The van der Waals surface area contributed by atoms with Crippen molar-refractivity contribution < 1.29 is 9.90 Å². The summed E-state index contributed by atoms with van der Waals surface area (Å²) in [5, 5.41) is 12.9. The van der Waals surface area contributed by atoms with Gasteiger partial charge in [-0.2, -0.15) is 11.8 Å². The molecule has 1 fully saturated rings. The number of hydrogen-bond acceptors (Lipinski definition) is 4. The molecule has 1 saturated carbocycles. The molecule has 0 spiro atoms. The normalized spacial score (nSPS) is 22.2. The Kier molecular flexibility index (Phi) is 5.95. The number of rotatable bonds is 6. The van der Waals surface area contributed by atoms with Crippen LogP contribution in [0.1, 0.15) is 39.0 Å². The lowest BCUT2D eigenvalue weighted by Gasteiger charge is -2.35. The molecule has 1 atom stereocenters. The molecule has 4 N–H and O–H groups in total. The van der Waals surface area contributed by atoms with Crippen molar-refractivity contribution in [3.8, 4) is 0 Å². The van der Waals surface area contributed by atoms with Gasteiger partial charge in [0.15, 0.2) is 0 Å². The van der Waals surface area contributed by atoms with Gasteiger partial charge in [0, 0.05) is 18.8 Å². The van der Waals surface area contributed by atoms with Gasteiger partial charge in [0.25, 0.3) is 0 Å². The zero-order valence-corrected chi connectivity index (χ0v) is 12.3. The highest BCUT2D eigenvalue weighted by Gasteiger charge is 2.38. The molecular formula is C13H26N2O2S. The van der Waals surface area contributed by atoms with Crippen LogP contribution in [-0.2, 0) is 4.79 Å². The van der Waals surface area contributed by atoms with E-state index in [1.165, 1.54) is 6.42 Å². The van der Waals surface area contributed by atoms with Gasteiger partial charge in [-0.1, -0.05) is 19.3 Å². The first-order valence-corrected chi connectivity index (χ1v) is 8.05. The molecule has 0 heterocycles. The quantitative estimate of drug-likeness (QED) is 0.678. The second kappa shape index (κ2) is 6.78. The average molecular weight is 274 g/mol. The summed E-state index contributed by atoms with van der Waals surface area (Å²) in [6.45, 7) is 2.46. The largest absolute Gasteiger partial charge is 0.387 e. The van der Waals surface area contributed by atoms with E-state index in [0.717, 1.165) is 25.7 Å². The maximum atomic E-state index is 12.3. The standard InChI is InChI=1S/C13H26N2O2S/c1-12(17,10-18-2)9-15-11(16)13(8-14)6-4-3-5-7-13/h17H,3-10,14H2,1-2H3,(H,15,16). The minimum absolute atomic E-state index is 0.0195. The number of carbonyl (C=O) groups is 1. The number of nitrogens with one attached hydrogen (secondary N) is 1. The van der Waals surface area contributed by atoms with Crippen LogP contribution in [0.15, 0.2) is 0 Å². The molecule has 1 unspecified atom stereocenters. The molecular weight excluding hydrogens is 248 g/mol. The first-order chi connectivity index (χ1) is 8.46. The van der Waals surface area contributed by atoms with Crippen LogP contribution in [0.2, 0.25) is 0 Å². The molecule has 0 aromatic heterocycles. The van der Waals surface area contributed by atoms with E-state index in [1.54, 1.807) is 18.7 Å². The Balaban J connectivity index is 2.52. The third-order valence-electron chi connectivity index (χ3n) is 3.77. The van der Waals surface area contributed by atoms with Crippen LogP contribution < -0.4 is 11.1 Å². The SMILES string of the molecule is CSCC(C)(O)CNC(=O)C1(CN)CCCCC1. The van der Waals surface area contributed by atoms with E-state index in [1.807, 2.05) is 6.26 Å². The summed E-state index contributed by atoms with van der Waals surface area (Å²) in [4.78, 5) is 12.3. The van der Waals surface area contributed by atoms with Crippen LogP contribution in [-0.4, -0.2) is 41.7 Å². The summed E-state index contributed by atoms with van der Waals surface area (Å²) in [7, 11) is 0. The Morgan fingerprint density at radius 3 is 2.56 bits per heavy atom. The summed E-state index contributed by atoms with van der Waals surface area (Å²) in [6, 6.07) is 0. The third-order valence-corrected chi connectivity index (χ3v) is 4.68. The fraction of sp³-hybridized carbons (Fsp3) is 0.923. The Morgan fingerprint density at radius 2 is 2.06 bits per heavy atom. The van der Waals surface area contributed by atoms with Gasteiger partial charge in [0.05, 0.1) is 11.0 Å². The van der Waals surface area contributed by atoms with Crippen LogP contribution >= 0.6 is 11.8 Å². The lowest BCUT2D eigenvalue weighted by Crippen LogP contribution is -2.51. The summed E-state index contributed by atoms with van der Waals surface area (Å²) in [5.41, 5.74) is 4.57. The third kappa shape index (κ3) is 4.14. The summed E-state index contributed by atoms with van der Waals surface area (Å²) >= 11 is 1.57. The monoisotopic (exact) mass is 274 g/mol. The molecule has 0 aromatic rings. The second-order valence-electron chi connectivity index (χ2n) is 5.66. The van der Waals surface area contributed by atoms with Gasteiger partial charge in [-0.15, -0.1) is 0 Å². The van der Waals surface area contributed by atoms with Crippen LogP contribution in [0.3, 0.4) is 0 Å². The zero-order chi connectivity index (χ0) is 13.6. The molecule has 0 radical (unpaired) electrons. The Morgan fingerprint density at radius 1 is 1.44 bits per heavy atom. The number of nitrogens with two attached hydrogens (primary N) is 1. The summed E-state index contributed by atoms with van der Waals surface area (Å²) in [6.07, 6.45) is 7.04. The molecule has 1 rings (SSSR count). The Hall–Kier alpha value is -0.260. The fourth-order valence-electron chi connectivity index (χ4n) is 2.57. The first kappa shape index (κ1) is 15.8. The Bertz CT molecular complexity index is 276. The summed E-state index contributed by atoms with van der Waals surface area (Å²) < 4.78 is 0. The minimum atomic E-state index is -0.848. The van der Waals surface area contributed by atoms with Gasteiger partial charge in [0.2, 0.25) is 5.91 Å². The second-order valence-corrected chi connectivity index (χ2v) is 6.52. The number of thioether (sulfide) groups is 1. The van der Waals surface area contributed by atoms with Crippen molar-refractivity contribution in [3.05, 3.63) is 0 Å². The van der Waals surface area contributed by atoms with Gasteiger partial charge in [-0.3, -0.25) is 4.79 Å². The predicted molar refractivity (Wildman–Crippen MR) is 76.6 cm³/mol. The first-order valence-electron chi connectivity index (χ1n) is 6.65. The van der Waals surface area contributed by atoms with Crippen LogP contribution in [0, 0.1) is 5.41 Å². The molecule has 0 bridgehead atoms. The molecule has 1 amide bonds. The van der Waals surface area contributed by atoms with E-state index in [-0.39, 0.29) is 5.91 Å². The van der Waals surface area contributed by atoms with Crippen molar-refractivity contribution in [2.75, 3.05) is 25.1 Å². The molecule has 5 heteroatoms. The van der Waals surface area contributed by atoms with E-state index >= 15 is 0 Å². The molecule has 0 aliphatic heterocycles. The van der Waals surface area contributed by atoms with Gasteiger partial charge < -0.3 is 16.2 Å². The van der Waals surface area contributed by atoms with Crippen molar-refractivity contribution in [3.63, 3.8) is 0 Å². The molecule has 4 nitrogen and oxygen atoms in total. The van der Waals surface area contributed by atoms with E-state index in [2.05, 4.69) is 5.32 Å². The molecule has 0 saturated heterocycles. The van der Waals surface area contributed by atoms with Gasteiger partial charge in [0.1, 0.15) is 0 Å². The van der Waals surface area contributed by atoms with E-state index in [9.17, 15) is 9.90 Å². The molecule has 1 aliphatic rings. The maximum absolute atomic E-state index is 12.3. The van der Waals surface area contributed by atoms with E-state index < -0.39 is 11.0 Å². The molecule has 106 valence electrons. The van der Waals surface area contributed by atoms with E-state index in [0.29, 0.717) is 18.8 Å². The van der Waals surface area contributed by atoms with Gasteiger partial charge in [-0.25, -0.2) is 0 Å². The maximum Gasteiger partial charge on any atom is 0.227 e. The van der Waals surface area contributed by atoms with Gasteiger partial charge >= 0.3 is 0 Å². The van der Waals surface area contributed by atoms with Crippen molar-refractivity contribution in [2.24, 2.45) is 11.1 Å². The van der Waals surface area contributed by atoms with E-state index in [4.69, 9.17) is 5.73 Å². The van der Waals surface area contributed by atoms with Crippen molar-refractivity contribution in [2.45, 2.75) is 44.6 Å². The minimum Gasteiger partial charge on any atom is -0.387 e.